The number of benzene rings is 1. The Labute approximate surface area is 219 Å². The average molecular weight is 577 g/mol. The first-order chi connectivity index (χ1) is 18.0. The first kappa shape index (κ1) is 31.0. The highest BCUT2D eigenvalue weighted by atomic mass is 32.2. The number of ether oxygens (including phenoxy) is 5. The summed E-state index contributed by atoms with van der Waals surface area (Å²) in [6.45, 7) is 3.22. The third kappa shape index (κ3) is 8.12. The van der Waals surface area contributed by atoms with E-state index in [0.29, 0.717) is 18.2 Å². The van der Waals surface area contributed by atoms with E-state index in [2.05, 4.69) is 0 Å². The summed E-state index contributed by atoms with van der Waals surface area (Å²) in [4.78, 5) is 66.2. The minimum Gasteiger partial charge on any atom is -0.463 e. The quantitative estimate of drug-likeness (QED) is 0.164. The summed E-state index contributed by atoms with van der Waals surface area (Å²) < 4.78 is 54.3. The first-order valence-electron chi connectivity index (χ1n) is 10.8. The first-order valence-corrected chi connectivity index (χ1v) is 12.3. The zero-order chi connectivity index (χ0) is 29.7. The van der Waals surface area contributed by atoms with E-state index in [1.54, 1.807) is 0 Å². The van der Waals surface area contributed by atoms with E-state index < -0.39 is 97.3 Å². The molecule has 1 aromatic rings. The van der Waals surface area contributed by atoms with Crippen molar-refractivity contribution in [3.05, 3.63) is 38.4 Å². The summed E-state index contributed by atoms with van der Waals surface area (Å²) in [5.74, 6) is -3.73. The van der Waals surface area contributed by atoms with E-state index in [-0.39, 0.29) is 0 Å². The van der Waals surface area contributed by atoms with Gasteiger partial charge < -0.3 is 23.7 Å². The molecule has 214 valence electrons. The Kier molecular flexibility index (Phi) is 9.97. The predicted molar refractivity (Wildman–Crippen MR) is 122 cm³/mol. The van der Waals surface area contributed by atoms with Crippen molar-refractivity contribution in [2.75, 3.05) is 6.61 Å². The smallest absolute Gasteiger partial charge is 0.303 e. The zero-order valence-corrected chi connectivity index (χ0v) is 21.6. The molecule has 39 heavy (non-hydrogen) atoms. The number of esters is 4. The summed E-state index contributed by atoms with van der Waals surface area (Å²) >= 11 is 0. The van der Waals surface area contributed by atoms with Gasteiger partial charge in [0.15, 0.2) is 29.4 Å². The number of sulfonamides is 1. The van der Waals surface area contributed by atoms with Gasteiger partial charge in [-0.2, -0.15) is 4.72 Å². The van der Waals surface area contributed by atoms with Crippen LogP contribution in [0.25, 0.3) is 0 Å². The van der Waals surface area contributed by atoms with Gasteiger partial charge in [-0.3, -0.25) is 39.4 Å². The molecule has 0 aromatic heterocycles. The molecule has 1 N–H and O–H groups in total. The number of rotatable bonds is 10. The topological polar surface area (TPSA) is 247 Å². The van der Waals surface area contributed by atoms with Crippen molar-refractivity contribution in [3.8, 4) is 0 Å². The Bertz CT molecular complexity index is 1280. The van der Waals surface area contributed by atoms with Crippen molar-refractivity contribution < 1.29 is 61.1 Å². The molecule has 19 heteroatoms. The molecule has 5 atom stereocenters. The van der Waals surface area contributed by atoms with Crippen LogP contribution in [0.5, 0.6) is 0 Å². The monoisotopic (exact) mass is 577 g/mol. The van der Waals surface area contributed by atoms with Gasteiger partial charge >= 0.3 is 23.9 Å². The number of non-ortho nitro benzene ring substituents is 1. The molecule has 0 amide bonds. The Morgan fingerprint density at radius 3 is 1.90 bits per heavy atom. The SMILES string of the molecule is CC(=O)OCC1OC(NS(=O)(=O)c2ccc([N+](=O)[O-])cc2[N+](=O)[O-])C(OC(C)=O)[C@@H](OC(C)=O)[C@H]1OC(C)=O. The summed E-state index contributed by atoms with van der Waals surface area (Å²) in [7, 11) is -4.98. The Morgan fingerprint density at radius 2 is 1.41 bits per heavy atom. The van der Waals surface area contributed by atoms with Gasteiger partial charge in [-0.15, -0.1) is 0 Å². The third-order valence-corrected chi connectivity index (χ3v) is 6.37. The van der Waals surface area contributed by atoms with Gasteiger partial charge in [-0.1, -0.05) is 0 Å². The number of nitrogens with one attached hydrogen (secondary N) is 1. The number of hydrogen-bond acceptors (Lipinski definition) is 15. The fraction of sp³-hybridized carbons (Fsp3) is 0.500. The molecular formula is C20H23N3O15S. The standard InChI is InChI=1S/C20H23N3O15S/c1-9(24)34-8-15-17(35-10(2)25)18(36-11(3)26)19(37-12(4)27)20(38-15)21-39(32,33)16-6-5-13(22(28)29)7-14(16)23(30)31/h5-7,15,17-21H,8H2,1-4H3/t15?,17-,18-,19?,20?/m0/s1. The largest absolute Gasteiger partial charge is 0.463 e. The van der Waals surface area contributed by atoms with Crippen LogP contribution < -0.4 is 4.72 Å². The Balaban J connectivity index is 2.62. The van der Waals surface area contributed by atoms with E-state index in [9.17, 15) is 47.8 Å². The molecule has 1 heterocycles. The van der Waals surface area contributed by atoms with Crippen molar-refractivity contribution in [1.29, 1.82) is 0 Å². The lowest BCUT2D eigenvalue weighted by molar-refractivity contribution is -0.396. The predicted octanol–water partition coefficient (Wildman–Crippen LogP) is -0.136. The van der Waals surface area contributed by atoms with Crippen molar-refractivity contribution >= 4 is 45.3 Å². The van der Waals surface area contributed by atoms with Gasteiger partial charge in [0, 0.05) is 33.8 Å². The Hall–Kier alpha value is -4.23. The van der Waals surface area contributed by atoms with Crippen LogP contribution in [-0.2, 0) is 52.9 Å². The van der Waals surface area contributed by atoms with Crippen LogP contribution in [0.15, 0.2) is 23.1 Å². The number of hydrogen-bond donors (Lipinski definition) is 1. The fourth-order valence-electron chi connectivity index (χ4n) is 3.53. The number of carbonyl (C=O) groups excluding carboxylic acids is 4. The van der Waals surface area contributed by atoms with Gasteiger partial charge in [0.1, 0.15) is 12.7 Å². The summed E-state index contributed by atoms with van der Waals surface area (Å²) in [5.41, 5.74) is -1.93. The van der Waals surface area contributed by atoms with Crippen LogP contribution in [0.1, 0.15) is 27.7 Å². The molecule has 0 radical (unpaired) electrons. The number of nitro groups is 2. The maximum absolute atomic E-state index is 13.2. The molecule has 0 spiro atoms. The van der Waals surface area contributed by atoms with Crippen LogP contribution in [-0.4, -0.2) is 79.4 Å². The van der Waals surface area contributed by atoms with Crippen molar-refractivity contribution in [2.45, 2.75) is 63.2 Å². The molecule has 1 aliphatic rings. The number of nitro benzene ring substituents is 2. The van der Waals surface area contributed by atoms with Gasteiger partial charge in [0.2, 0.25) is 10.0 Å². The van der Waals surface area contributed by atoms with Crippen molar-refractivity contribution in [3.63, 3.8) is 0 Å². The highest BCUT2D eigenvalue weighted by Gasteiger charge is 2.53. The maximum atomic E-state index is 13.2. The summed E-state index contributed by atoms with van der Waals surface area (Å²) in [5, 5.41) is 22.5. The van der Waals surface area contributed by atoms with E-state index in [0.717, 1.165) is 27.7 Å². The minimum absolute atomic E-state index is 0.418. The highest BCUT2D eigenvalue weighted by molar-refractivity contribution is 7.89. The molecule has 0 bridgehead atoms. The summed E-state index contributed by atoms with van der Waals surface area (Å²) in [6.07, 6.45) is -8.61. The van der Waals surface area contributed by atoms with E-state index in [1.807, 2.05) is 4.72 Å². The second-order valence-corrected chi connectivity index (χ2v) is 9.59. The molecule has 0 aliphatic carbocycles. The van der Waals surface area contributed by atoms with Gasteiger partial charge in [0.05, 0.1) is 15.9 Å². The fourth-order valence-corrected chi connectivity index (χ4v) is 4.81. The molecule has 1 aromatic carbocycles. The van der Waals surface area contributed by atoms with Crippen LogP contribution in [0.3, 0.4) is 0 Å². The van der Waals surface area contributed by atoms with Crippen LogP contribution in [0.4, 0.5) is 11.4 Å². The highest BCUT2D eigenvalue weighted by Crippen LogP contribution is 2.32. The van der Waals surface area contributed by atoms with Crippen LogP contribution in [0, 0.1) is 20.2 Å². The van der Waals surface area contributed by atoms with Crippen LogP contribution >= 0.6 is 0 Å². The molecule has 3 unspecified atom stereocenters. The molecule has 2 rings (SSSR count). The maximum Gasteiger partial charge on any atom is 0.303 e. The van der Waals surface area contributed by atoms with E-state index in [4.69, 9.17) is 23.7 Å². The molecule has 18 nitrogen and oxygen atoms in total. The second-order valence-electron chi connectivity index (χ2n) is 7.91. The number of nitrogens with zero attached hydrogens (tertiary/aromatic N) is 2. The van der Waals surface area contributed by atoms with Gasteiger partial charge in [-0.05, 0) is 6.07 Å². The molecule has 0 saturated carbocycles. The average Bonchev–Trinajstić information content (AvgIpc) is 2.80. The Morgan fingerprint density at radius 1 is 0.872 bits per heavy atom. The number of carbonyl (C=O) groups is 4. The van der Waals surface area contributed by atoms with Crippen molar-refractivity contribution in [1.82, 2.24) is 4.72 Å². The lowest BCUT2D eigenvalue weighted by atomic mass is 9.97. The molecular weight excluding hydrogens is 554 g/mol. The lowest BCUT2D eigenvalue weighted by Crippen LogP contribution is -2.66. The minimum atomic E-state index is -4.98. The zero-order valence-electron chi connectivity index (χ0n) is 20.8. The van der Waals surface area contributed by atoms with Crippen molar-refractivity contribution in [2.24, 2.45) is 0 Å². The molecule has 1 aliphatic heterocycles. The lowest BCUT2D eigenvalue weighted by Gasteiger charge is -2.44. The second kappa shape index (κ2) is 12.5. The summed E-state index contributed by atoms with van der Waals surface area (Å²) in [6, 6.07) is 1.72. The third-order valence-electron chi connectivity index (χ3n) is 4.90. The van der Waals surface area contributed by atoms with Crippen LogP contribution in [0.2, 0.25) is 0 Å². The van der Waals surface area contributed by atoms with E-state index >= 15 is 0 Å². The van der Waals surface area contributed by atoms with E-state index in [1.165, 1.54) is 0 Å². The normalized spacial score (nSPS) is 22.7. The van der Waals surface area contributed by atoms with Gasteiger partial charge in [-0.25, -0.2) is 8.42 Å². The van der Waals surface area contributed by atoms with Gasteiger partial charge in [0.25, 0.3) is 11.4 Å². The molecule has 1 fully saturated rings. The molecule has 1 saturated heterocycles.